The molecule has 20 heavy (non-hydrogen) atoms. The molecular formula is C15H29N3O2. The maximum absolute atomic E-state index is 12.0. The summed E-state index contributed by atoms with van der Waals surface area (Å²) in [4.78, 5) is 25.6. The van der Waals surface area contributed by atoms with Crippen LogP contribution in [0.3, 0.4) is 0 Å². The first-order chi connectivity index (χ1) is 9.50. The summed E-state index contributed by atoms with van der Waals surface area (Å²) in [6.07, 6.45) is 4.91. The second-order valence-electron chi connectivity index (χ2n) is 5.97. The summed E-state index contributed by atoms with van der Waals surface area (Å²) in [6, 6.07) is -0.428. The molecule has 0 aromatic heterocycles. The van der Waals surface area contributed by atoms with E-state index in [9.17, 15) is 9.59 Å². The zero-order valence-corrected chi connectivity index (χ0v) is 13.1. The molecule has 5 nitrogen and oxygen atoms in total. The van der Waals surface area contributed by atoms with Crippen molar-refractivity contribution in [3.8, 4) is 0 Å². The molecule has 2 amide bonds. The Kier molecular flexibility index (Phi) is 7.59. The van der Waals surface area contributed by atoms with Gasteiger partial charge in [-0.2, -0.15) is 0 Å². The Bertz CT molecular complexity index is 312. The minimum Gasteiger partial charge on any atom is -0.354 e. The maximum Gasteiger partial charge on any atom is 0.242 e. The summed E-state index contributed by atoms with van der Waals surface area (Å²) in [7, 11) is 0. The van der Waals surface area contributed by atoms with Crippen LogP contribution in [0.5, 0.6) is 0 Å². The summed E-state index contributed by atoms with van der Waals surface area (Å²) < 4.78 is 0. The molecule has 0 spiro atoms. The van der Waals surface area contributed by atoms with Crippen molar-refractivity contribution in [3.63, 3.8) is 0 Å². The summed E-state index contributed by atoms with van der Waals surface area (Å²) in [6.45, 7) is 9.43. The van der Waals surface area contributed by atoms with E-state index in [-0.39, 0.29) is 17.7 Å². The number of piperidine rings is 1. The van der Waals surface area contributed by atoms with Gasteiger partial charge < -0.3 is 15.5 Å². The molecule has 1 rings (SSSR count). The Morgan fingerprint density at radius 3 is 2.35 bits per heavy atom. The normalized spacial score (nSPS) is 17.8. The number of carbonyl (C=O) groups excluding carboxylic acids is 2. The lowest BCUT2D eigenvalue weighted by Gasteiger charge is -2.26. The van der Waals surface area contributed by atoms with Gasteiger partial charge >= 0.3 is 0 Å². The lowest BCUT2D eigenvalue weighted by atomic mass is 10.0. The smallest absolute Gasteiger partial charge is 0.242 e. The SMILES string of the molecule is CC(=O)NC(C(=O)NCCCN1CCCCC1)C(C)C. The van der Waals surface area contributed by atoms with Crippen LogP contribution in [0.2, 0.25) is 0 Å². The third-order valence-electron chi connectivity index (χ3n) is 3.71. The van der Waals surface area contributed by atoms with Crippen LogP contribution in [0, 0.1) is 5.92 Å². The second-order valence-corrected chi connectivity index (χ2v) is 5.97. The van der Waals surface area contributed by atoms with E-state index in [4.69, 9.17) is 0 Å². The van der Waals surface area contributed by atoms with E-state index < -0.39 is 6.04 Å². The Balaban J connectivity index is 2.21. The predicted octanol–water partition coefficient (Wildman–Crippen LogP) is 1.14. The Hall–Kier alpha value is -1.10. The van der Waals surface area contributed by atoms with Crippen molar-refractivity contribution in [1.29, 1.82) is 0 Å². The van der Waals surface area contributed by atoms with Gasteiger partial charge in [0.15, 0.2) is 0 Å². The molecule has 0 aromatic rings. The lowest BCUT2D eigenvalue weighted by molar-refractivity contribution is -0.129. The van der Waals surface area contributed by atoms with Gasteiger partial charge in [-0.05, 0) is 44.8 Å². The number of nitrogens with zero attached hydrogens (tertiary/aromatic N) is 1. The van der Waals surface area contributed by atoms with E-state index in [1.807, 2.05) is 13.8 Å². The van der Waals surface area contributed by atoms with Gasteiger partial charge in [-0.25, -0.2) is 0 Å². The maximum atomic E-state index is 12.0. The molecule has 1 fully saturated rings. The van der Waals surface area contributed by atoms with Crippen LogP contribution in [-0.4, -0.2) is 48.9 Å². The first kappa shape index (κ1) is 17.0. The number of hydrogen-bond acceptors (Lipinski definition) is 3. The third-order valence-corrected chi connectivity index (χ3v) is 3.71. The van der Waals surface area contributed by atoms with Crippen LogP contribution in [0.25, 0.3) is 0 Å². The highest BCUT2D eigenvalue weighted by molar-refractivity contribution is 5.86. The van der Waals surface area contributed by atoms with Gasteiger partial charge in [0.05, 0.1) is 0 Å². The van der Waals surface area contributed by atoms with Gasteiger partial charge in [0, 0.05) is 13.5 Å². The van der Waals surface area contributed by atoms with Crippen molar-refractivity contribution in [2.45, 2.75) is 52.5 Å². The van der Waals surface area contributed by atoms with Crippen LogP contribution < -0.4 is 10.6 Å². The first-order valence-electron chi connectivity index (χ1n) is 7.78. The van der Waals surface area contributed by atoms with Crippen molar-refractivity contribution >= 4 is 11.8 Å². The predicted molar refractivity (Wildman–Crippen MR) is 80.4 cm³/mol. The fraction of sp³-hybridized carbons (Fsp3) is 0.867. The largest absolute Gasteiger partial charge is 0.354 e. The molecule has 0 bridgehead atoms. The van der Waals surface area contributed by atoms with Gasteiger partial charge in [-0.3, -0.25) is 9.59 Å². The quantitative estimate of drug-likeness (QED) is 0.689. The minimum absolute atomic E-state index is 0.0751. The summed E-state index contributed by atoms with van der Waals surface area (Å²) in [5.74, 6) is -0.137. The summed E-state index contributed by atoms with van der Waals surface area (Å²) in [5, 5.41) is 5.64. The highest BCUT2D eigenvalue weighted by atomic mass is 16.2. The van der Waals surface area contributed by atoms with Crippen LogP contribution in [0.1, 0.15) is 46.5 Å². The van der Waals surface area contributed by atoms with Crippen LogP contribution >= 0.6 is 0 Å². The molecule has 1 aliphatic rings. The zero-order valence-electron chi connectivity index (χ0n) is 13.1. The molecule has 0 aliphatic carbocycles. The molecule has 0 radical (unpaired) electrons. The molecule has 5 heteroatoms. The number of hydrogen-bond donors (Lipinski definition) is 2. The zero-order chi connectivity index (χ0) is 15.0. The fourth-order valence-electron chi connectivity index (χ4n) is 2.56. The molecule has 1 saturated heterocycles. The van der Waals surface area contributed by atoms with Crippen molar-refractivity contribution < 1.29 is 9.59 Å². The van der Waals surface area contributed by atoms with Crippen molar-refractivity contribution in [2.75, 3.05) is 26.2 Å². The molecule has 116 valence electrons. The molecule has 0 saturated carbocycles. The van der Waals surface area contributed by atoms with E-state index >= 15 is 0 Å². The molecule has 1 atom stereocenters. The van der Waals surface area contributed by atoms with Gasteiger partial charge in [0.2, 0.25) is 11.8 Å². The minimum atomic E-state index is -0.428. The second kappa shape index (κ2) is 8.95. The van der Waals surface area contributed by atoms with Gasteiger partial charge in [-0.15, -0.1) is 0 Å². The van der Waals surface area contributed by atoms with E-state index in [1.54, 1.807) is 0 Å². The van der Waals surface area contributed by atoms with Gasteiger partial charge in [-0.1, -0.05) is 20.3 Å². The van der Waals surface area contributed by atoms with E-state index in [2.05, 4.69) is 15.5 Å². The van der Waals surface area contributed by atoms with Crippen LogP contribution in [0.4, 0.5) is 0 Å². The summed E-state index contributed by atoms with van der Waals surface area (Å²) >= 11 is 0. The van der Waals surface area contributed by atoms with E-state index in [0.29, 0.717) is 6.54 Å². The molecule has 2 N–H and O–H groups in total. The lowest BCUT2D eigenvalue weighted by Crippen LogP contribution is -2.49. The monoisotopic (exact) mass is 283 g/mol. The molecule has 1 aliphatic heterocycles. The molecule has 0 aromatic carbocycles. The molecule has 1 unspecified atom stereocenters. The number of nitrogens with one attached hydrogen (secondary N) is 2. The van der Waals surface area contributed by atoms with E-state index in [1.165, 1.54) is 39.3 Å². The Morgan fingerprint density at radius 1 is 1.15 bits per heavy atom. The third kappa shape index (κ3) is 6.37. The highest BCUT2D eigenvalue weighted by Crippen LogP contribution is 2.08. The van der Waals surface area contributed by atoms with Crippen LogP contribution in [0.15, 0.2) is 0 Å². The number of carbonyl (C=O) groups is 2. The van der Waals surface area contributed by atoms with Crippen molar-refractivity contribution in [3.05, 3.63) is 0 Å². The Morgan fingerprint density at radius 2 is 1.80 bits per heavy atom. The summed E-state index contributed by atoms with van der Waals surface area (Å²) in [5.41, 5.74) is 0. The first-order valence-corrected chi connectivity index (χ1v) is 7.78. The Labute approximate surface area is 122 Å². The van der Waals surface area contributed by atoms with Crippen molar-refractivity contribution in [2.24, 2.45) is 5.92 Å². The number of likely N-dealkylation sites (tertiary alicyclic amines) is 1. The fourth-order valence-corrected chi connectivity index (χ4v) is 2.56. The molecule has 1 heterocycles. The average Bonchev–Trinajstić information content (AvgIpc) is 2.41. The highest BCUT2D eigenvalue weighted by Gasteiger charge is 2.22. The molecular weight excluding hydrogens is 254 g/mol. The van der Waals surface area contributed by atoms with Gasteiger partial charge in [0.25, 0.3) is 0 Å². The average molecular weight is 283 g/mol. The van der Waals surface area contributed by atoms with Crippen LogP contribution in [-0.2, 0) is 9.59 Å². The van der Waals surface area contributed by atoms with Crippen molar-refractivity contribution in [1.82, 2.24) is 15.5 Å². The number of amides is 2. The van der Waals surface area contributed by atoms with E-state index in [0.717, 1.165) is 13.0 Å². The standard InChI is InChI=1S/C15H29N3O2/c1-12(2)14(17-13(3)19)15(20)16-8-7-11-18-9-5-4-6-10-18/h12,14H,4-11H2,1-3H3,(H,16,20)(H,17,19). The topological polar surface area (TPSA) is 61.4 Å². The van der Waals surface area contributed by atoms with Gasteiger partial charge in [0.1, 0.15) is 6.04 Å². The number of rotatable bonds is 7.